The Morgan fingerprint density at radius 1 is 1.08 bits per heavy atom. The first-order valence-corrected chi connectivity index (χ1v) is 8.05. The fourth-order valence-electron chi connectivity index (χ4n) is 2.36. The predicted octanol–water partition coefficient (Wildman–Crippen LogP) is 4.19. The number of benzene rings is 2. The summed E-state index contributed by atoms with van der Waals surface area (Å²) in [7, 11) is 0. The number of carbonyl (C=O) groups is 1. The van der Waals surface area contributed by atoms with Crippen molar-refractivity contribution in [2.45, 2.75) is 20.5 Å². The molecular weight excluding hydrogens is 322 g/mol. The topological polar surface area (TPSA) is 84.7 Å². The minimum absolute atomic E-state index is 0.00138. The molecule has 0 bridgehead atoms. The summed E-state index contributed by atoms with van der Waals surface area (Å²) in [5, 5.41) is 13.2. The van der Waals surface area contributed by atoms with Crippen LogP contribution in [-0.4, -0.2) is 24.1 Å². The fourth-order valence-corrected chi connectivity index (χ4v) is 2.36. The third kappa shape index (κ3) is 5.20. The summed E-state index contributed by atoms with van der Waals surface area (Å²) in [4.78, 5) is 24.2. The lowest BCUT2D eigenvalue weighted by Crippen LogP contribution is -2.21. The molecule has 2 aromatic carbocycles. The molecular formula is C18H21N3O4. The average Bonchev–Trinajstić information content (AvgIpc) is 2.63. The molecule has 0 aliphatic carbocycles. The van der Waals surface area contributed by atoms with Gasteiger partial charge in [0.05, 0.1) is 4.92 Å². The van der Waals surface area contributed by atoms with E-state index in [9.17, 15) is 14.9 Å². The van der Waals surface area contributed by atoms with E-state index in [-0.39, 0.29) is 12.3 Å². The summed E-state index contributed by atoms with van der Waals surface area (Å²) < 4.78 is 5.12. The van der Waals surface area contributed by atoms with E-state index in [4.69, 9.17) is 4.74 Å². The molecule has 2 rings (SSSR count). The number of nitro groups is 1. The first-order valence-electron chi connectivity index (χ1n) is 8.05. The number of ether oxygens (including phenoxy) is 1. The van der Waals surface area contributed by atoms with E-state index >= 15 is 0 Å². The largest absolute Gasteiger partial charge is 0.444 e. The van der Waals surface area contributed by atoms with Crippen LogP contribution in [0.25, 0.3) is 0 Å². The number of non-ortho nitro benzene ring substituents is 1. The van der Waals surface area contributed by atoms with Crippen molar-refractivity contribution in [3.63, 3.8) is 0 Å². The number of hydrogen-bond acceptors (Lipinski definition) is 5. The summed E-state index contributed by atoms with van der Waals surface area (Å²) in [6.45, 7) is 6.05. The lowest BCUT2D eigenvalue weighted by Gasteiger charge is -2.21. The van der Waals surface area contributed by atoms with Crippen LogP contribution >= 0.6 is 0 Å². The first kappa shape index (κ1) is 18.3. The van der Waals surface area contributed by atoms with Crippen LogP contribution < -0.4 is 10.2 Å². The summed E-state index contributed by atoms with van der Waals surface area (Å²) in [5.74, 6) is 0. The van der Waals surface area contributed by atoms with Gasteiger partial charge in [0.2, 0.25) is 0 Å². The molecule has 25 heavy (non-hydrogen) atoms. The highest BCUT2D eigenvalue weighted by molar-refractivity contribution is 5.84. The van der Waals surface area contributed by atoms with E-state index in [1.54, 1.807) is 12.1 Å². The van der Waals surface area contributed by atoms with Crippen molar-refractivity contribution < 1.29 is 14.5 Å². The molecule has 0 aromatic heterocycles. The highest BCUT2D eigenvalue weighted by Crippen LogP contribution is 2.18. The number of hydrogen-bond donors (Lipinski definition) is 1. The molecule has 0 radical (unpaired) electrons. The van der Waals surface area contributed by atoms with Crippen molar-refractivity contribution >= 4 is 23.2 Å². The molecule has 7 heteroatoms. The number of nitrogens with zero attached hydrogens (tertiary/aromatic N) is 2. The van der Waals surface area contributed by atoms with Gasteiger partial charge in [-0.1, -0.05) is 0 Å². The van der Waals surface area contributed by atoms with Crippen LogP contribution in [0.2, 0.25) is 0 Å². The Kier molecular flexibility index (Phi) is 6.33. The second-order valence-electron chi connectivity index (χ2n) is 5.34. The molecule has 0 saturated carbocycles. The number of anilines is 2. The number of nitro benzene ring substituents is 1. The molecule has 0 heterocycles. The number of carbonyl (C=O) groups excluding carboxylic acids is 1. The van der Waals surface area contributed by atoms with E-state index in [0.29, 0.717) is 11.3 Å². The third-order valence-electron chi connectivity index (χ3n) is 3.76. The quantitative estimate of drug-likeness (QED) is 0.602. The zero-order chi connectivity index (χ0) is 18.2. The van der Waals surface area contributed by atoms with Crippen molar-refractivity contribution in [2.75, 3.05) is 23.3 Å². The van der Waals surface area contributed by atoms with Gasteiger partial charge in [-0.05, 0) is 55.8 Å². The molecule has 1 amide bonds. The van der Waals surface area contributed by atoms with E-state index in [1.165, 1.54) is 12.1 Å². The zero-order valence-electron chi connectivity index (χ0n) is 14.3. The Labute approximate surface area is 146 Å². The van der Waals surface area contributed by atoms with Crippen LogP contribution in [0.1, 0.15) is 19.4 Å². The minimum atomic E-state index is -0.575. The average molecular weight is 343 g/mol. The lowest BCUT2D eigenvalue weighted by molar-refractivity contribution is -0.384. The van der Waals surface area contributed by atoms with Crippen molar-refractivity contribution in [1.82, 2.24) is 0 Å². The second kappa shape index (κ2) is 8.68. The smallest absolute Gasteiger partial charge is 0.411 e. The van der Waals surface area contributed by atoms with Gasteiger partial charge in [0.15, 0.2) is 0 Å². The van der Waals surface area contributed by atoms with E-state index < -0.39 is 11.0 Å². The summed E-state index contributed by atoms with van der Waals surface area (Å²) in [6.07, 6.45) is -0.575. The molecule has 0 fully saturated rings. The van der Waals surface area contributed by atoms with Gasteiger partial charge in [-0.25, -0.2) is 4.79 Å². The normalized spacial score (nSPS) is 10.2. The van der Waals surface area contributed by atoms with Gasteiger partial charge in [-0.15, -0.1) is 0 Å². The van der Waals surface area contributed by atoms with Crippen LogP contribution in [0.5, 0.6) is 0 Å². The first-order chi connectivity index (χ1) is 12.0. The van der Waals surface area contributed by atoms with Crippen LogP contribution in [0.4, 0.5) is 21.9 Å². The predicted molar refractivity (Wildman–Crippen MR) is 96.9 cm³/mol. The van der Waals surface area contributed by atoms with Gasteiger partial charge in [0.25, 0.3) is 5.69 Å². The van der Waals surface area contributed by atoms with Crippen LogP contribution in [-0.2, 0) is 11.3 Å². The van der Waals surface area contributed by atoms with Crippen molar-refractivity contribution in [3.05, 3.63) is 64.2 Å². The van der Waals surface area contributed by atoms with Crippen molar-refractivity contribution in [2.24, 2.45) is 0 Å². The molecule has 1 N–H and O–H groups in total. The summed E-state index contributed by atoms with van der Waals surface area (Å²) in [6, 6.07) is 13.4. The molecule has 0 aliphatic heterocycles. The van der Waals surface area contributed by atoms with Crippen LogP contribution in [0.3, 0.4) is 0 Å². The minimum Gasteiger partial charge on any atom is -0.444 e. The van der Waals surface area contributed by atoms with Gasteiger partial charge in [-0.2, -0.15) is 0 Å². The van der Waals surface area contributed by atoms with Crippen LogP contribution in [0, 0.1) is 10.1 Å². The van der Waals surface area contributed by atoms with Crippen molar-refractivity contribution in [3.8, 4) is 0 Å². The SMILES string of the molecule is CCN(CC)c1ccc(NC(=O)OCc2ccc([N+](=O)[O-])cc2)cc1. The highest BCUT2D eigenvalue weighted by Gasteiger charge is 2.07. The second-order valence-corrected chi connectivity index (χ2v) is 5.34. The Hall–Kier alpha value is -3.09. The van der Waals surface area contributed by atoms with Crippen molar-refractivity contribution in [1.29, 1.82) is 0 Å². The maximum absolute atomic E-state index is 11.8. The van der Waals surface area contributed by atoms with E-state index in [2.05, 4.69) is 24.1 Å². The molecule has 0 unspecified atom stereocenters. The number of amides is 1. The number of rotatable bonds is 7. The molecule has 0 atom stereocenters. The molecule has 0 aliphatic rings. The molecule has 2 aromatic rings. The van der Waals surface area contributed by atoms with Gasteiger partial charge >= 0.3 is 6.09 Å². The zero-order valence-corrected chi connectivity index (χ0v) is 14.3. The molecule has 132 valence electrons. The molecule has 0 spiro atoms. The monoisotopic (exact) mass is 343 g/mol. The Morgan fingerprint density at radius 3 is 2.20 bits per heavy atom. The standard InChI is InChI=1S/C18H21N3O4/c1-3-20(4-2)16-11-7-15(8-12-16)19-18(22)25-13-14-5-9-17(10-6-14)21(23)24/h5-12H,3-4,13H2,1-2H3,(H,19,22). The highest BCUT2D eigenvalue weighted by atomic mass is 16.6. The van der Waals surface area contributed by atoms with E-state index in [0.717, 1.165) is 18.8 Å². The van der Waals surface area contributed by atoms with Crippen LogP contribution in [0.15, 0.2) is 48.5 Å². The Balaban J connectivity index is 1.86. The maximum atomic E-state index is 11.8. The van der Waals surface area contributed by atoms with E-state index in [1.807, 2.05) is 24.3 Å². The van der Waals surface area contributed by atoms with Gasteiger partial charge in [0, 0.05) is 36.6 Å². The number of nitrogens with one attached hydrogen (secondary N) is 1. The molecule has 0 saturated heterocycles. The summed E-state index contributed by atoms with van der Waals surface area (Å²) in [5.41, 5.74) is 2.42. The van der Waals surface area contributed by atoms with Gasteiger partial charge in [0.1, 0.15) is 6.61 Å². The maximum Gasteiger partial charge on any atom is 0.411 e. The fraction of sp³-hybridized carbons (Fsp3) is 0.278. The Bertz CT molecular complexity index is 710. The molecule has 7 nitrogen and oxygen atoms in total. The Morgan fingerprint density at radius 2 is 1.68 bits per heavy atom. The lowest BCUT2D eigenvalue weighted by atomic mass is 10.2. The summed E-state index contributed by atoms with van der Waals surface area (Å²) >= 11 is 0. The third-order valence-corrected chi connectivity index (χ3v) is 3.76. The van der Waals surface area contributed by atoms with Gasteiger partial charge < -0.3 is 9.64 Å². The van der Waals surface area contributed by atoms with Gasteiger partial charge in [-0.3, -0.25) is 15.4 Å².